The van der Waals surface area contributed by atoms with E-state index >= 15 is 0 Å². The van der Waals surface area contributed by atoms with E-state index in [-0.39, 0.29) is 99.9 Å². The molecule has 0 spiro atoms. The van der Waals surface area contributed by atoms with Gasteiger partial charge >= 0.3 is 0 Å². The summed E-state index contributed by atoms with van der Waals surface area (Å²) in [7, 11) is 0. The number of aliphatic hydroxyl groups excluding tert-OH is 23. The second kappa shape index (κ2) is 49.7. The molecule has 32 unspecified atom stereocenters. The Hall–Kier alpha value is -3.34. The molecule has 0 aromatic heterocycles. The molecule has 2 aliphatic heterocycles. The Kier molecular flexibility index (Phi) is 45.4. The van der Waals surface area contributed by atoms with Gasteiger partial charge in [-0.15, -0.1) is 0 Å². The quantitative estimate of drug-likeness (QED) is 0.0236. The number of rotatable bonds is 50. The van der Waals surface area contributed by atoms with Crippen LogP contribution >= 0.6 is 0 Å². The van der Waals surface area contributed by atoms with Crippen molar-refractivity contribution in [1.82, 2.24) is 0 Å². The molecule has 602 valence electrons. The fourth-order valence-electron chi connectivity index (χ4n) is 14.8. The van der Waals surface area contributed by atoms with Crippen LogP contribution in [-0.4, -0.2) is 283 Å². The number of hydrogen-bond acceptors (Lipinski definition) is 25. The highest BCUT2D eigenvalue weighted by molar-refractivity contribution is 5.13. The van der Waals surface area contributed by atoms with Gasteiger partial charge in [-0.1, -0.05) is 131 Å². The Morgan fingerprint density at radius 1 is 0.471 bits per heavy atom. The average Bonchev–Trinajstić information content (AvgIpc) is 0.816. The number of aliphatic hydroxyl groups is 23. The van der Waals surface area contributed by atoms with Crippen LogP contribution in [0.2, 0.25) is 0 Å². The zero-order valence-corrected chi connectivity index (χ0v) is 62.3. The molecule has 2 saturated heterocycles. The van der Waals surface area contributed by atoms with E-state index in [1.165, 1.54) is 12.2 Å². The van der Waals surface area contributed by atoms with Gasteiger partial charge in [-0.2, -0.15) is 0 Å². The number of unbranched alkanes of at least 4 members (excludes halogenated alkanes) is 2. The number of allylic oxidation sites excluding steroid dienone is 12. The van der Waals surface area contributed by atoms with Crippen molar-refractivity contribution in [1.29, 1.82) is 0 Å². The topological polar surface area (TPSA) is 484 Å². The summed E-state index contributed by atoms with van der Waals surface area (Å²) in [6.45, 7) is 18.0. The van der Waals surface area contributed by atoms with Crippen LogP contribution in [-0.2, 0) is 9.47 Å². The third-order valence-electron chi connectivity index (χ3n) is 20.8. The lowest BCUT2D eigenvalue weighted by Crippen LogP contribution is -2.59. The molecule has 3 aliphatic rings. The van der Waals surface area contributed by atoms with Crippen molar-refractivity contribution in [3.8, 4) is 0 Å². The second-order valence-corrected chi connectivity index (χ2v) is 30.9. The maximum atomic E-state index is 11.2. The largest absolute Gasteiger partial charge is 0.394 e. The van der Waals surface area contributed by atoms with Crippen molar-refractivity contribution in [3.63, 3.8) is 0 Å². The maximum Gasteiger partial charge on any atom is 0.115 e. The molecule has 25 heteroatoms. The monoisotopic (exact) mass is 1480 g/mol. The third kappa shape index (κ3) is 34.7. The molecule has 0 radical (unpaired) electrons. The van der Waals surface area contributed by atoms with Crippen molar-refractivity contribution in [2.75, 3.05) is 6.61 Å². The molecule has 1 aliphatic carbocycles. The van der Waals surface area contributed by atoms with E-state index < -0.39 is 177 Å². The summed E-state index contributed by atoms with van der Waals surface area (Å²) in [6, 6.07) is 0. The zero-order valence-electron chi connectivity index (χ0n) is 62.3. The molecule has 0 aromatic carbocycles. The maximum absolute atomic E-state index is 11.2. The smallest absolute Gasteiger partial charge is 0.115 e. The van der Waals surface area contributed by atoms with Crippen LogP contribution in [0.5, 0.6) is 0 Å². The van der Waals surface area contributed by atoms with Crippen LogP contribution in [0.25, 0.3) is 0 Å². The van der Waals surface area contributed by atoms with E-state index in [9.17, 15) is 112 Å². The summed E-state index contributed by atoms with van der Waals surface area (Å²) in [5.74, 6) is -1.66. The summed E-state index contributed by atoms with van der Waals surface area (Å²) >= 11 is 0. The lowest BCUT2D eigenvalue weighted by atomic mass is 9.72. The SMILES string of the molecule is C=C/C=C/CC/C=C/C=C/C=C/CC/C=C/C(O)C(O)C1OC(C(O)C(O)C(=C)CCC(O)C2CC(O)C(O)C(C(O)C(O)/C=C(\C)CCC(O)CC(O)C(O)C(C)CC(O)CC(C)CC(O)CC(C)/C=C(\C)CC(O)CC(C)CC(O)C3CC(O)C(O)C(CC(O)CC(O)CO)C3)O2)CC(O)C1O. The predicted octanol–water partition coefficient (Wildman–Crippen LogP) is 2.24. The standard InChI is InChI=1S/C79H136O25/c1-9-10-11-12-13-14-15-16-17-18-19-20-21-22-23-61(88)73(98)78-76(101)67(94)43-69(104-78)77(102)71(96)50(7)25-27-60(87)68-42-66(93)75(100)79(103-68)74(99)63(90)34-45(2)24-26-54(81)41-65(92)70(95)51(8)36-57(84)32-48(5)31-55(82)29-46(3)28-47(4)30-56(83)33-49(6)35-62(89)52-37-53(72(97)64(91)39-52)38-58(85)40-59(86)44-80/h9-11,14-19,22-23,28,34,46,48-49,51-102H,1,7,12-13,20-21,24-27,29-33,35-44H2,2-6,8H3/b11-10+,15-14+,17-16+,19-18+,23-22+,45-34+,47-28+. The van der Waals surface area contributed by atoms with Crippen molar-refractivity contribution >= 4 is 0 Å². The van der Waals surface area contributed by atoms with Gasteiger partial charge in [-0.05, 0) is 171 Å². The zero-order chi connectivity index (χ0) is 78.1. The van der Waals surface area contributed by atoms with Gasteiger partial charge in [-0.3, -0.25) is 0 Å². The summed E-state index contributed by atoms with van der Waals surface area (Å²) < 4.78 is 11.7. The predicted molar refractivity (Wildman–Crippen MR) is 394 cm³/mol. The molecule has 1 saturated carbocycles. The van der Waals surface area contributed by atoms with Gasteiger partial charge in [0.05, 0.1) is 104 Å². The number of hydrogen-bond donors (Lipinski definition) is 23. The van der Waals surface area contributed by atoms with E-state index in [0.717, 1.165) is 18.4 Å². The van der Waals surface area contributed by atoms with Crippen LogP contribution in [0.4, 0.5) is 0 Å². The van der Waals surface area contributed by atoms with Gasteiger partial charge in [0.1, 0.15) is 61.0 Å². The van der Waals surface area contributed by atoms with Crippen molar-refractivity contribution in [2.45, 2.75) is 342 Å². The van der Waals surface area contributed by atoms with Gasteiger partial charge in [0.2, 0.25) is 0 Å². The molecule has 25 nitrogen and oxygen atoms in total. The summed E-state index contributed by atoms with van der Waals surface area (Å²) in [6.07, 6.45) is -6.40. The van der Waals surface area contributed by atoms with Crippen LogP contribution in [0, 0.1) is 35.5 Å². The van der Waals surface area contributed by atoms with E-state index in [4.69, 9.17) is 14.6 Å². The van der Waals surface area contributed by atoms with Crippen molar-refractivity contribution in [2.24, 2.45) is 35.5 Å². The molecule has 3 fully saturated rings. The highest BCUT2D eigenvalue weighted by atomic mass is 16.6. The van der Waals surface area contributed by atoms with E-state index in [1.54, 1.807) is 26.0 Å². The molecule has 23 N–H and O–H groups in total. The first kappa shape index (κ1) is 94.9. The molecule has 0 amide bonds. The molecule has 3 rings (SSSR count). The summed E-state index contributed by atoms with van der Waals surface area (Å²) in [5, 5.41) is 248. The summed E-state index contributed by atoms with van der Waals surface area (Å²) in [5.41, 5.74) is 1.42. The van der Waals surface area contributed by atoms with E-state index in [2.05, 4.69) is 19.2 Å². The van der Waals surface area contributed by atoms with Crippen molar-refractivity contribution in [3.05, 3.63) is 109 Å². The van der Waals surface area contributed by atoms with Crippen LogP contribution in [0.15, 0.2) is 109 Å². The molecular weight excluding hydrogens is 1350 g/mol. The fourth-order valence-corrected chi connectivity index (χ4v) is 14.8. The molecule has 104 heavy (non-hydrogen) atoms. The Morgan fingerprint density at radius 2 is 1.00 bits per heavy atom. The van der Waals surface area contributed by atoms with Gasteiger partial charge in [0, 0.05) is 25.7 Å². The van der Waals surface area contributed by atoms with Crippen molar-refractivity contribution < 1.29 is 127 Å². The second-order valence-electron chi connectivity index (χ2n) is 30.9. The van der Waals surface area contributed by atoms with Gasteiger partial charge < -0.3 is 127 Å². The normalized spacial score (nSPS) is 30.1. The fraction of sp³-hybridized carbons (Fsp3) is 0.772. The molecular formula is C79H136O25. The van der Waals surface area contributed by atoms with Crippen LogP contribution < -0.4 is 0 Å². The van der Waals surface area contributed by atoms with E-state index in [0.29, 0.717) is 63.4 Å². The minimum Gasteiger partial charge on any atom is -0.394 e. The average molecular weight is 1490 g/mol. The molecule has 0 aromatic rings. The molecule has 32 atom stereocenters. The first-order chi connectivity index (χ1) is 49.0. The van der Waals surface area contributed by atoms with Crippen LogP contribution in [0.1, 0.15) is 183 Å². The van der Waals surface area contributed by atoms with E-state index in [1.807, 2.05) is 76.3 Å². The molecule has 2 heterocycles. The lowest BCUT2D eigenvalue weighted by Gasteiger charge is -2.42. The third-order valence-corrected chi connectivity index (χ3v) is 20.8. The Bertz CT molecular complexity index is 2580. The van der Waals surface area contributed by atoms with Gasteiger partial charge in [-0.25, -0.2) is 0 Å². The first-order valence-corrected chi connectivity index (χ1v) is 37.8. The Morgan fingerprint density at radius 3 is 1.60 bits per heavy atom. The first-order valence-electron chi connectivity index (χ1n) is 37.8. The minimum absolute atomic E-state index is 0.00426. The van der Waals surface area contributed by atoms with Gasteiger partial charge in [0.15, 0.2) is 0 Å². The Balaban J connectivity index is 1.39. The highest BCUT2D eigenvalue weighted by Crippen LogP contribution is 2.38. The van der Waals surface area contributed by atoms with Gasteiger partial charge in [0.25, 0.3) is 0 Å². The number of ether oxygens (including phenoxy) is 2. The highest BCUT2D eigenvalue weighted by Gasteiger charge is 2.48. The minimum atomic E-state index is -1.83. The molecule has 0 bridgehead atoms. The summed E-state index contributed by atoms with van der Waals surface area (Å²) in [4.78, 5) is 0. The van der Waals surface area contributed by atoms with Crippen LogP contribution in [0.3, 0.4) is 0 Å². The lowest BCUT2D eigenvalue weighted by molar-refractivity contribution is -0.234. The Labute approximate surface area is 616 Å².